The average molecular weight is 201 g/mol. The SMILES string of the molecule is C=CN=C(N=C)c1cccnc1C(C)C. The summed E-state index contributed by atoms with van der Waals surface area (Å²) in [6.45, 7) is 11.2. The third-order valence-corrected chi connectivity index (χ3v) is 1.99. The van der Waals surface area contributed by atoms with Crippen LogP contribution in [0, 0.1) is 0 Å². The second kappa shape index (κ2) is 5.20. The first-order valence-corrected chi connectivity index (χ1v) is 4.81. The number of aliphatic imine (C=N–C) groups is 2. The van der Waals surface area contributed by atoms with Crippen LogP contribution in [0.1, 0.15) is 31.0 Å². The molecule has 0 radical (unpaired) electrons. The highest BCUT2D eigenvalue weighted by Gasteiger charge is 2.11. The maximum absolute atomic E-state index is 4.33. The van der Waals surface area contributed by atoms with Gasteiger partial charge in [-0.3, -0.25) is 4.98 Å². The van der Waals surface area contributed by atoms with Crippen LogP contribution in [0.3, 0.4) is 0 Å². The van der Waals surface area contributed by atoms with Crippen molar-refractivity contribution in [3.63, 3.8) is 0 Å². The Bertz CT molecular complexity index is 392. The van der Waals surface area contributed by atoms with Crippen molar-refractivity contribution >= 4 is 12.6 Å². The molecule has 0 aliphatic rings. The van der Waals surface area contributed by atoms with Gasteiger partial charge in [-0.1, -0.05) is 20.4 Å². The first-order valence-electron chi connectivity index (χ1n) is 4.81. The molecule has 0 bridgehead atoms. The standard InChI is InChI=1S/C12H15N3/c1-5-14-12(13-4)10-7-6-8-15-11(10)9(2)3/h5-9H,1,4H2,2-3H3. The lowest BCUT2D eigenvalue weighted by molar-refractivity contribution is 0.819. The van der Waals surface area contributed by atoms with Gasteiger partial charge >= 0.3 is 0 Å². The number of hydrogen-bond donors (Lipinski definition) is 0. The summed E-state index contributed by atoms with van der Waals surface area (Å²) in [7, 11) is 0. The van der Waals surface area contributed by atoms with E-state index in [1.165, 1.54) is 6.20 Å². The van der Waals surface area contributed by atoms with E-state index < -0.39 is 0 Å². The van der Waals surface area contributed by atoms with Crippen molar-refractivity contribution in [1.82, 2.24) is 4.98 Å². The summed E-state index contributed by atoms with van der Waals surface area (Å²) in [5.41, 5.74) is 1.90. The van der Waals surface area contributed by atoms with E-state index in [1.807, 2.05) is 12.1 Å². The highest BCUT2D eigenvalue weighted by molar-refractivity contribution is 6.02. The van der Waals surface area contributed by atoms with E-state index in [4.69, 9.17) is 0 Å². The van der Waals surface area contributed by atoms with Gasteiger partial charge in [-0.2, -0.15) is 0 Å². The van der Waals surface area contributed by atoms with Crippen LogP contribution < -0.4 is 0 Å². The Labute approximate surface area is 90.3 Å². The molecular formula is C12H15N3. The van der Waals surface area contributed by atoms with Crippen molar-refractivity contribution in [2.45, 2.75) is 19.8 Å². The number of rotatable bonds is 3. The van der Waals surface area contributed by atoms with Crippen LogP contribution in [0.15, 0.2) is 41.1 Å². The van der Waals surface area contributed by atoms with Crippen molar-refractivity contribution in [2.75, 3.05) is 0 Å². The maximum Gasteiger partial charge on any atom is 0.160 e. The van der Waals surface area contributed by atoms with E-state index >= 15 is 0 Å². The molecule has 0 saturated heterocycles. The zero-order chi connectivity index (χ0) is 11.3. The average Bonchev–Trinajstić information content (AvgIpc) is 2.26. The summed E-state index contributed by atoms with van der Waals surface area (Å²) in [4.78, 5) is 12.3. The molecule has 0 saturated carbocycles. The summed E-state index contributed by atoms with van der Waals surface area (Å²) >= 11 is 0. The van der Waals surface area contributed by atoms with Crippen molar-refractivity contribution in [3.8, 4) is 0 Å². The summed E-state index contributed by atoms with van der Waals surface area (Å²) in [6, 6.07) is 3.81. The van der Waals surface area contributed by atoms with Crippen LogP contribution in [0.25, 0.3) is 0 Å². The monoisotopic (exact) mass is 201 g/mol. The molecule has 1 rings (SSSR count). The molecule has 0 aromatic carbocycles. The molecule has 0 aliphatic heterocycles. The lowest BCUT2D eigenvalue weighted by atomic mass is 10.0. The molecular weight excluding hydrogens is 186 g/mol. The Morgan fingerprint density at radius 3 is 2.80 bits per heavy atom. The Morgan fingerprint density at radius 2 is 2.27 bits per heavy atom. The quantitative estimate of drug-likeness (QED) is 0.547. The van der Waals surface area contributed by atoms with Gasteiger partial charge in [0, 0.05) is 18.0 Å². The molecule has 3 nitrogen and oxygen atoms in total. The van der Waals surface area contributed by atoms with Crippen LogP contribution in [0.5, 0.6) is 0 Å². The van der Waals surface area contributed by atoms with Crippen LogP contribution in [-0.4, -0.2) is 17.5 Å². The van der Waals surface area contributed by atoms with Crippen LogP contribution in [-0.2, 0) is 0 Å². The molecule has 0 spiro atoms. The largest absolute Gasteiger partial charge is 0.260 e. The lowest BCUT2D eigenvalue weighted by Crippen LogP contribution is -2.05. The van der Waals surface area contributed by atoms with Gasteiger partial charge in [-0.25, -0.2) is 9.98 Å². The molecule has 0 aliphatic carbocycles. The van der Waals surface area contributed by atoms with Crippen LogP contribution >= 0.6 is 0 Å². The van der Waals surface area contributed by atoms with Gasteiger partial charge in [-0.05, 0) is 24.8 Å². The Morgan fingerprint density at radius 1 is 1.53 bits per heavy atom. The van der Waals surface area contributed by atoms with Crippen molar-refractivity contribution < 1.29 is 0 Å². The molecule has 0 unspecified atom stereocenters. The van der Waals surface area contributed by atoms with Crippen LogP contribution in [0.2, 0.25) is 0 Å². The molecule has 1 heterocycles. The normalized spacial score (nSPS) is 11.5. The third kappa shape index (κ3) is 2.59. The van der Waals surface area contributed by atoms with E-state index in [0.29, 0.717) is 11.8 Å². The van der Waals surface area contributed by atoms with Gasteiger partial charge in [0.15, 0.2) is 5.84 Å². The highest BCUT2D eigenvalue weighted by Crippen LogP contribution is 2.17. The summed E-state index contributed by atoms with van der Waals surface area (Å²) in [6.07, 6.45) is 3.23. The highest BCUT2D eigenvalue weighted by atomic mass is 14.9. The van der Waals surface area contributed by atoms with Crippen molar-refractivity contribution in [1.29, 1.82) is 0 Å². The van der Waals surface area contributed by atoms with Gasteiger partial charge in [0.2, 0.25) is 0 Å². The molecule has 1 aromatic rings. The minimum atomic E-state index is 0.331. The molecule has 0 fully saturated rings. The lowest BCUT2D eigenvalue weighted by Gasteiger charge is -2.09. The Kier molecular flexibility index (Phi) is 3.92. The van der Waals surface area contributed by atoms with Crippen molar-refractivity contribution in [2.24, 2.45) is 9.98 Å². The Balaban J connectivity index is 3.28. The maximum atomic E-state index is 4.33. The number of aromatic nitrogens is 1. The van der Waals surface area contributed by atoms with Gasteiger partial charge in [-0.15, -0.1) is 0 Å². The number of nitrogens with zero attached hydrogens (tertiary/aromatic N) is 3. The number of hydrogen-bond acceptors (Lipinski definition) is 2. The van der Waals surface area contributed by atoms with Gasteiger partial charge in [0.25, 0.3) is 0 Å². The van der Waals surface area contributed by atoms with Crippen molar-refractivity contribution in [3.05, 3.63) is 42.4 Å². The minimum absolute atomic E-state index is 0.331. The summed E-state index contributed by atoms with van der Waals surface area (Å²) in [5.74, 6) is 0.903. The first kappa shape index (κ1) is 11.3. The van der Waals surface area contributed by atoms with Gasteiger partial charge in [0.05, 0.1) is 5.69 Å². The fraction of sp³-hybridized carbons (Fsp3) is 0.250. The zero-order valence-electron chi connectivity index (χ0n) is 9.14. The molecule has 0 N–H and O–H groups in total. The fourth-order valence-electron chi connectivity index (χ4n) is 1.35. The molecule has 3 heteroatoms. The molecule has 0 atom stereocenters. The second-order valence-electron chi connectivity index (χ2n) is 3.38. The molecule has 78 valence electrons. The van der Waals surface area contributed by atoms with E-state index in [-0.39, 0.29) is 0 Å². The fourth-order valence-corrected chi connectivity index (χ4v) is 1.35. The molecule has 0 amide bonds. The third-order valence-electron chi connectivity index (χ3n) is 1.99. The predicted octanol–water partition coefficient (Wildman–Crippen LogP) is 2.80. The smallest absolute Gasteiger partial charge is 0.160 e. The molecule has 15 heavy (non-hydrogen) atoms. The minimum Gasteiger partial charge on any atom is -0.260 e. The number of amidine groups is 1. The predicted molar refractivity (Wildman–Crippen MR) is 64.6 cm³/mol. The molecule has 1 aromatic heterocycles. The zero-order valence-corrected chi connectivity index (χ0v) is 9.14. The first-order chi connectivity index (χ1) is 7.20. The summed E-state index contributed by atoms with van der Waals surface area (Å²) < 4.78 is 0. The van der Waals surface area contributed by atoms with E-state index in [1.54, 1.807) is 6.20 Å². The topological polar surface area (TPSA) is 37.6 Å². The van der Waals surface area contributed by atoms with E-state index in [2.05, 4.69) is 42.1 Å². The second-order valence-corrected chi connectivity index (χ2v) is 3.38. The summed E-state index contributed by atoms with van der Waals surface area (Å²) in [5, 5.41) is 0. The van der Waals surface area contributed by atoms with Crippen LogP contribution in [0.4, 0.5) is 0 Å². The van der Waals surface area contributed by atoms with Gasteiger partial charge in [0.1, 0.15) is 0 Å². The van der Waals surface area contributed by atoms with E-state index in [0.717, 1.165) is 11.3 Å². The Hall–Kier alpha value is -1.77. The van der Waals surface area contributed by atoms with Gasteiger partial charge < -0.3 is 0 Å². The van der Waals surface area contributed by atoms with E-state index in [9.17, 15) is 0 Å². The number of pyridine rings is 1.